The van der Waals surface area contributed by atoms with Crippen LogP contribution in [-0.2, 0) is 11.2 Å². The van der Waals surface area contributed by atoms with Crippen molar-refractivity contribution in [3.63, 3.8) is 0 Å². The molecule has 0 aliphatic heterocycles. The molecule has 0 radical (unpaired) electrons. The summed E-state index contributed by atoms with van der Waals surface area (Å²) in [6.45, 7) is 0. The number of nitrogens with one attached hydrogen (secondary N) is 1. The number of carboxylic acids is 1. The summed E-state index contributed by atoms with van der Waals surface area (Å²) in [5, 5.41) is 8.06. The summed E-state index contributed by atoms with van der Waals surface area (Å²) >= 11 is 6.07. The van der Waals surface area contributed by atoms with Crippen LogP contribution in [0.5, 0.6) is 0 Å². The summed E-state index contributed by atoms with van der Waals surface area (Å²) in [5.74, 6) is -2.21. The van der Waals surface area contributed by atoms with E-state index in [2.05, 4.69) is 15.0 Å². The number of halogens is 1. The van der Waals surface area contributed by atoms with Gasteiger partial charge < -0.3 is 10.1 Å². The fourth-order valence-electron chi connectivity index (χ4n) is 2.49. The van der Waals surface area contributed by atoms with Crippen LogP contribution >= 0.6 is 11.6 Å². The number of H-pyrrole nitrogens is 1. The topological polar surface area (TPSA) is 112 Å². The number of aliphatic carboxylic acids is 1. The predicted octanol–water partition coefficient (Wildman–Crippen LogP) is 1.53. The number of carbonyl (C=O) groups excluding carboxylic acids is 2. The van der Waals surface area contributed by atoms with Crippen LogP contribution < -0.4 is 0 Å². The van der Waals surface area contributed by atoms with Crippen LogP contribution in [0.4, 0.5) is 0 Å². The van der Waals surface area contributed by atoms with E-state index in [0.717, 1.165) is 0 Å². The van der Waals surface area contributed by atoms with Gasteiger partial charge in [-0.3, -0.25) is 14.6 Å². The van der Waals surface area contributed by atoms with Gasteiger partial charge in [-0.05, 0) is 0 Å². The predicted molar refractivity (Wildman–Crippen MR) is 85.9 cm³/mol. The molecule has 2 aromatic rings. The minimum absolute atomic E-state index is 0.00552. The van der Waals surface area contributed by atoms with Crippen LogP contribution in [0.3, 0.4) is 0 Å². The van der Waals surface area contributed by atoms with Crippen LogP contribution in [0.1, 0.15) is 26.4 Å². The Morgan fingerprint density at radius 2 is 2.04 bits per heavy atom. The van der Waals surface area contributed by atoms with Gasteiger partial charge in [0.2, 0.25) is 5.78 Å². The fraction of sp³-hybridized carbons (Fsp3) is 0.188. The van der Waals surface area contributed by atoms with E-state index >= 15 is 0 Å². The van der Waals surface area contributed by atoms with E-state index in [-0.39, 0.29) is 23.3 Å². The molecule has 0 bridgehead atoms. The molecule has 1 heterocycles. The first-order valence-electron chi connectivity index (χ1n) is 7.08. The number of alkyl halides is 1. The first kappa shape index (κ1) is 16.1. The summed E-state index contributed by atoms with van der Waals surface area (Å²) in [4.78, 5) is 46.9. The maximum Gasteiger partial charge on any atom is 0.328 e. The van der Waals surface area contributed by atoms with E-state index in [0.29, 0.717) is 5.69 Å². The number of carboxylic acid groups (broad SMARTS) is 1. The van der Waals surface area contributed by atoms with Gasteiger partial charge in [-0.15, -0.1) is 11.6 Å². The molecule has 0 fully saturated rings. The largest absolute Gasteiger partial charge is 0.480 e. The number of nitrogens with zero attached hydrogens (tertiary/aromatic N) is 2. The summed E-state index contributed by atoms with van der Waals surface area (Å²) in [6, 6.07) is 5.02. The molecule has 0 amide bonds. The van der Waals surface area contributed by atoms with Gasteiger partial charge in [0.25, 0.3) is 0 Å². The molecule has 0 saturated heterocycles. The normalized spacial score (nSPS) is 20.0. The smallest absolute Gasteiger partial charge is 0.328 e. The number of hydrogen-bond acceptors (Lipinski definition) is 5. The molecule has 1 aliphatic carbocycles. The van der Waals surface area contributed by atoms with Gasteiger partial charge in [0.1, 0.15) is 11.1 Å². The second-order valence-corrected chi connectivity index (χ2v) is 5.69. The Hall–Kier alpha value is -2.80. The minimum atomic E-state index is -1.30. The molecule has 0 saturated carbocycles. The number of carbonyl (C=O) groups is 3. The highest BCUT2D eigenvalue weighted by Gasteiger charge is 2.38. The first-order chi connectivity index (χ1) is 11.5. The first-order valence-corrected chi connectivity index (χ1v) is 7.52. The van der Waals surface area contributed by atoms with Crippen LogP contribution in [0.2, 0.25) is 0 Å². The van der Waals surface area contributed by atoms with Gasteiger partial charge in [0.15, 0.2) is 11.8 Å². The fourth-order valence-corrected chi connectivity index (χ4v) is 2.77. The van der Waals surface area contributed by atoms with E-state index in [9.17, 15) is 19.5 Å². The van der Waals surface area contributed by atoms with Gasteiger partial charge >= 0.3 is 5.97 Å². The van der Waals surface area contributed by atoms with E-state index in [1.165, 1.54) is 24.7 Å². The van der Waals surface area contributed by atoms with Crippen molar-refractivity contribution >= 4 is 34.8 Å². The highest BCUT2D eigenvalue weighted by molar-refractivity contribution is 6.64. The Bertz CT molecular complexity index is 845. The van der Waals surface area contributed by atoms with Crippen molar-refractivity contribution in [2.75, 3.05) is 0 Å². The van der Waals surface area contributed by atoms with Crippen LogP contribution in [0.25, 0.3) is 0 Å². The number of rotatable bonds is 4. The number of benzene rings is 1. The molecular weight excluding hydrogens is 334 g/mol. The van der Waals surface area contributed by atoms with Gasteiger partial charge in [0.05, 0.1) is 6.33 Å². The number of aliphatic imine (C=N–C) groups is 1. The van der Waals surface area contributed by atoms with Gasteiger partial charge in [-0.2, -0.15) is 0 Å². The lowest BCUT2D eigenvalue weighted by Gasteiger charge is -2.21. The highest BCUT2D eigenvalue weighted by Crippen LogP contribution is 2.24. The average Bonchev–Trinajstić information content (AvgIpc) is 3.08. The van der Waals surface area contributed by atoms with Crippen molar-refractivity contribution in [2.24, 2.45) is 4.99 Å². The summed E-state index contributed by atoms with van der Waals surface area (Å²) in [5.41, 5.74) is 0.714. The van der Waals surface area contributed by atoms with Crippen molar-refractivity contribution < 1.29 is 19.5 Å². The molecule has 1 unspecified atom stereocenters. The number of aromatic amines is 1. The van der Waals surface area contributed by atoms with Crippen LogP contribution in [0.15, 0.2) is 41.8 Å². The number of fused-ring (bicyclic) bond motifs is 1. The van der Waals surface area contributed by atoms with Crippen LogP contribution in [0, 0.1) is 0 Å². The number of aromatic nitrogens is 2. The second-order valence-electron chi connectivity index (χ2n) is 5.25. The third kappa shape index (κ3) is 2.85. The molecule has 3 rings (SSSR count). The zero-order valence-electron chi connectivity index (χ0n) is 12.3. The average molecular weight is 346 g/mol. The van der Waals surface area contributed by atoms with Crippen molar-refractivity contribution in [1.82, 2.24) is 9.97 Å². The number of Topliss-reactive ketones (excluding diaryl/α,β-unsaturated/α-hetero) is 2. The Morgan fingerprint density at radius 1 is 1.33 bits per heavy atom. The molecule has 0 spiro atoms. The van der Waals surface area contributed by atoms with E-state index in [1.54, 1.807) is 12.1 Å². The zero-order valence-corrected chi connectivity index (χ0v) is 13.0. The van der Waals surface area contributed by atoms with Crippen molar-refractivity contribution in [1.29, 1.82) is 0 Å². The quantitative estimate of drug-likeness (QED) is 0.816. The maximum atomic E-state index is 12.6. The molecule has 7 nitrogen and oxygen atoms in total. The van der Waals surface area contributed by atoms with Gasteiger partial charge in [0, 0.05) is 29.4 Å². The molecule has 24 heavy (non-hydrogen) atoms. The lowest BCUT2D eigenvalue weighted by atomic mass is 9.87. The summed E-state index contributed by atoms with van der Waals surface area (Å²) < 4.78 is 0. The number of imidazole rings is 1. The van der Waals surface area contributed by atoms with Gasteiger partial charge in [-0.25, -0.2) is 9.78 Å². The van der Waals surface area contributed by atoms with E-state index in [1.807, 2.05) is 0 Å². The van der Waals surface area contributed by atoms with Gasteiger partial charge in [-0.1, -0.05) is 24.3 Å². The number of hydrogen-bond donors (Lipinski definition) is 2. The molecular formula is C16H12ClN3O4. The Balaban J connectivity index is 2.00. The number of ketones is 2. The third-order valence-corrected chi connectivity index (χ3v) is 4.09. The standard InChI is InChI=1S/C16H12ClN3O4/c17-12-13(15(22)10-4-2-1-3-9(10)14(12)21)20-11(16(23)24)5-8-6-18-7-19-8/h1-4,6-7,11-12H,5H2,(H,18,19)(H,23,24)/t11-,12?/m1/s1. The lowest BCUT2D eigenvalue weighted by molar-refractivity contribution is -0.138. The molecule has 1 aliphatic rings. The Labute approximate surface area is 141 Å². The minimum Gasteiger partial charge on any atom is -0.480 e. The molecule has 2 N–H and O–H groups in total. The van der Waals surface area contributed by atoms with Crippen molar-refractivity contribution in [3.05, 3.63) is 53.6 Å². The van der Waals surface area contributed by atoms with Crippen molar-refractivity contribution in [2.45, 2.75) is 17.8 Å². The Morgan fingerprint density at radius 3 is 2.67 bits per heavy atom. The van der Waals surface area contributed by atoms with Crippen LogP contribution in [-0.4, -0.2) is 49.7 Å². The molecule has 1 aromatic heterocycles. The van der Waals surface area contributed by atoms with Crippen molar-refractivity contribution in [3.8, 4) is 0 Å². The SMILES string of the molecule is O=C1C(=N[C@H](Cc2cnc[nH]2)C(=O)O)C(Cl)C(=O)c2ccccc21. The second kappa shape index (κ2) is 6.37. The lowest BCUT2D eigenvalue weighted by Crippen LogP contribution is -2.40. The Kier molecular flexibility index (Phi) is 4.26. The molecule has 1 aromatic carbocycles. The summed E-state index contributed by atoms with van der Waals surface area (Å²) in [6.07, 6.45) is 2.89. The highest BCUT2D eigenvalue weighted by atomic mass is 35.5. The molecule has 8 heteroatoms. The zero-order chi connectivity index (χ0) is 17.3. The summed E-state index contributed by atoms with van der Waals surface area (Å²) in [7, 11) is 0. The maximum absolute atomic E-state index is 12.6. The molecule has 2 atom stereocenters. The van der Waals surface area contributed by atoms with E-state index < -0.39 is 29.0 Å². The third-order valence-electron chi connectivity index (χ3n) is 3.69. The van der Waals surface area contributed by atoms with E-state index in [4.69, 9.17) is 11.6 Å². The monoisotopic (exact) mass is 345 g/mol. The molecule has 122 valence electrons.